The molecule has 0 aliphatic carbocycles. The first-order chi connectivity index (χ1) is 15.2. The zero-order chi connectivity index (χ0) is 23.3. The second kappa shape index (κ2) is 10.1. The molecule has 0 bridgehead atoms. The fourth-order valence-corrected chi connectivity index (χ4v) is 3.80. The molecule has 2 aromatic rings. The minimum absolute atomic E-state index is 0.0418. The normalized spacial score (nSPS) is 22.6. The highest BCUT2D eigenvalue weighted by atomic mass is 19.4. The highest BCUT2D eigenvalue weighted by Gasteiger charge is 2.47. The third kappa shape index (κ3) is 5.65. The van der Waals surface area contributed by atoms with E-state index in [-0.39, 0.29) is 24.2 Å². The van der Waals surface area contributed by atoms with E-state index in [2.05, 4.69) is 4.98 Å². The van der Waals surface area contributed by atoms with Gasteiger partial charge in [0.25, 0.3) is 5.91 Å². The SMILES string of the molecule is Cn1cccc1C(=O)N1C[C@@H](OCc2ccncc2)[C@@H]2OCCC[C@@H]21.O=C(O)C(F)(F)F. The van der Waals surface area contributed by atoms with Gasteiger partial charge < -0.3 is 24.0 Å². The van der Waals surface area contributed by atoms with Crippen molar-refractivity contribution in [3.8, 4) is 0 Å². The highest BCUT2D eigenvalue weighted by molar-refractivity contribution is 5.93. The molecule has 32 heavy (non-hydrogen) atoms. The maximum atomic E-state index is 13.0. The number of ether oxygens (including phenoxy) is 2. The molecule has 0 radical (unpaired) electrons. The Morgan fingerprint density at radius 1 is 1.28 bits per heavy atom. The maximum absolute atomic E-state index is 13.0. The summed E-state index contributed by atoms with van der Waals surface area (Å²) in [5.74, 6) is -2.70. The van der Waals surface area contributed by atoms with Gasteiger partial charge in [0.05, 0.1) is 19.2 Å². The number of hydrogen-bond acceptors (Lipinski definition) is 5. The fraction of sp³-hybridized carbons (Fsp3) is 0.476. The Balaban J connectivity index is 0.000000360. The van der Waals surface area contributed by atoms with Gasteiger partial charge in [-0.2, -0.15) is 13.2 Å². The smallest absolute Gasteiger partial charge is 0.475 e. The molecular weight excluding hydrogens is 431 g/mol. The molecule has 2 aliphatic heterocycles. The van der Waals surface area contributed by atoms with Crippen LogP contribution in [0.25, 0.3) is 0 Å². The molecule has 0 aromatic carbocycles. The van der Waals surface area contributed by atoms with Crippen molar-refractivity contribution in [1.29, 1.82) is 0 Å². The number of carboxylic acids is 1. The van der Waals surface area contributed by atoms with Crippen molar-refractivity contribution in [2.45, 2.75) is 43.9 Å². The molecule has 11 heteroatoms. The first kappa shape index (κ1) is 23.7. The summed E-state index contributed by atoms with van der Waals surface area (Å²) >= 11 is 0. The number of carbonyl (C=O) groups is 2. The topological polar surface area (TPSA) is 93.9 Å². The Morgan fingerprint density at radius 2 is 1.97 bits per heavy atom. The number of nitrogens with zero attached hydrogens (tertiary/aromatic N) is 3. The van der Waals surface area contributed by atoms with E-state index in [9.17, 15) is 18.0 Å². The maximum Gasteiger partial charge on any atom is 0.490 e. The fourth-order valence-electron chi connectivity index (χ4n) is 3.80. The lowest BCUT2D eigenvalue weighted by atomic mass is 10.0. The van der Waals surface area contributed by atoms with Gasteiger partial charge in [0.2, 0.25) is 0 Å². The number of rotatable bonds is 4. The molecule has 4 heterocycles. The van der Waals surface area contributed by atoms with E-state index in [0.717, 1.165) is 25.0 Å². The van der Waals surface area contributed by atoms with E-state index in [1.807, 2.05) is 47.0 Å². The highest BCUT2D eigenvalue weighted by Crippen LogP contribution is 2.32. The molecule has 3 atom stereocenters. The Bertz CT molecular complexity index is 919. The van der Waals surface area contributed by atoms with E-state index in [4.69, 9.17) is 19.4 Å². The van der Waals surface area contributed by atoms with Crippen LogP contribution in [0.1, 0.15) is 28.9 Å². The Morgan fingerprint density at radius 3 is 2.56 bits per heavy atom. The van der Waals surface area contributed by atoms with Gasteiger partial charge in [0.15, 0.2) is 0 Å². The van der Waals surface area contributed by atoms with Crippen LogP contribution >= 0.6 is 0 Å². The lowest BCUT2D eigenvalue weighted by Crippen LogP contribution is -2.44. The van der Waals surface area contributed by atoms with E-state index in [1.165, 1.54) is 0 Å². The quantitative estimate of drug-likeness (QED) is 0.762. The number of aliphatic carboxylic acids is 1. The molecule has 2 aromatic heterocycles. The molecule has 1 amide bonds. The summed E-state index contributed by atoms with van der Waals surface area (Å²) in [6.45, 7) is 1.82. The first-order valence-electron chi connectivity index (χ1n) is 10.0. The largest absolute Gasteiger partial charge is 0.490 e. The zero-order valence-electron chi connectivity index (χ0n) is 17.4. The number of carbonyl (C=O) groups excluding carboxylic acids is 1. The minimum atomic E-state index is -5.08. The molecule has 4 rings (SSSR count). The minimum Gasteiger partial charge on any atom is -0.475 e. The number of fused-ring (bicyclic) bond motifs is 1. The number of hydrogen-bond donors (Lipinski definition) is 1. The van der Waals surface area contributed by atoms with Crippen molar-refractivity contribution < 1.29 is 37.3 Å². The number of halogens is 3. The van der Waals surface area contributed by atoms with Crippen LogP contribution in [0, 0.1) is 0 Å². The number of likely N-dealkylation sites (tertiary alicyclic amines) is 1. The average molecular weight is 455 g/mol. The number of pyridine rings is 1. The summed E-state index contributed by atoms with van der Waals surface area (Å²) in [5, 5.41) is 7.12. The monoisotopic (exact) mass is 455 g/mol. The van der Waals surface area contributed by atoms with Crippen LogP contribution in [0.5, 0.6) is 0 Å². The molecule has 2 aliphatic rings. The van der Waals surface area contributed by atoms with Gasteiger partial charge in [-0.3, -0.25) is 9.78 Å². The lowest BCUT2D eigenvalue weighted by molar-refractivity contribution is -0.192. The van der Waals surface area contributed by atoms with Crippen LogP contribution in [0.4, 0.5) is 13.2 Å². The van der Waals surface area contributed by atoms with Gasteiger partial charge in [-0.05, 0) is 42.7 Å². The number of aryl methyl sites for hydroxylation is 1. The average Bonchev–Trinajstić information content (AvgIpc) is 3.36. The number of amides is 1. The third-order valence-electron chi connectivity index (χ3n) is 5.36. The van der Waals surface area contributed by atoms with Crippen molar-refractivity contribution >= 4 is 11.9 Å². The number of carboxylic acid groups (broad SMARTS) is 1. The molecule has 8 nitrogen and oxygen atoms in total. The predicted molar refractivity (Wildman–Crippen MR) is 106 cm³/mol. The van der Waals surface area contributed by atoms with Gasteiger partial charge in [0.1, 0.15) is 17.9 Å². The Labute approximate surface area is 182 Å². The van der Waals surface area contributed by atoms with Crippen molar-refractivity contribution in [3.05, 3.63) is 54.1 Å². The van der Waals surface area contributed by atoms with Crippen LogP contribution < -0.4 is 0 Å². The van der Waals surface area contributed by atoms with Crippen LogP contribution in [0.2, 0.25) is 0 Å². The Kier molecular flexibility index (Phi) is 7.52. The summed E-state index contributed by atoms with van der Waals surface area (Å²) in [4.78, 5) is 27.9. The summed E-state index contributed by atoms with van der Waals surface area (Å²) < 4.78 is 45.7. The van der Waals surface area contributed by atoms with Gasteiger partial charge in [0, 0.05) is 32.2 Å². The first-order valence-corrected chi connectivity index (χ1v) is 10.0. The van der Waals surface area contributed by atoms with Gasteiger partial charge in [-0.1, -0.05) is 0 Å². The molecule has 1 N–H and O–H groups in total. The van der Waals surface area contributed by atoms with Gasteiger partial charge in [-0.25, -0.2) is 4.79 Å². The van der Waals surface area contributed by atoms with Crippen LogP contribution in [0.3, 0.4) is 0 Å². The van der Waals surface area contributed by atoms with E-state index < -0.39 is 12.1 Å². The third-order valence-corrected chi connectivity index (χ3v) is 5.36. The number of alkyl halides is 3. The molecule has 0 saturated carbocycles. The van der Waals surface area contributed by atoms with Crippen LogP contribution in [0.15, 0.2) is 42.9 Å². The van der Waals surface area contributed by atoms with Crippen molar-refractivity contribution in [1.82, 2.24) is 14.5 Å². The number of aromatic nitrogens is 2. The zero-order valence-corrected chi connectivity index (χ0v) is 17.4. The van der Waals surface area contributed by atoms with Gasteiger partial charge in [-0.15, -0.1) is 0 Å². The van der Waals surface area contributed by atoms with Crippen molar-refractivity contribution in [2.75, 3.05) is 13.2 Å². The lowest BCUT2D eigenvalue weighted by Gasteiger charge is -2.32. The van der Waals surface area contributed by atoms with Crippen LogP contribution in [-0.2, 0) is 27.9 Å². The van der Waals surface area contributed by atoms with Crippen LogP contribution in [-0.4, -0.2) is 69.0 Å². The summed E-state index contributed by atoms with van der Waals surface area (Å²) in [5.41, 5.74) is 1.79. The molecular formula is C21H24F3N3O5. The van der Waals surface area contributed by atoms with E-state index >= 15 is 0 Å². The predicted octanol–water partition coefficient (Wildman–Crippen LogP) is 2.64. The van der Waals surface area contributed by atoms with Crippen molar-refractivity contribution in [3.63, 3.8) is 0 Å². The summed E-state index contributed by atoms with van der Waals surface area (Å²) in [6.07, 6.45) is 2.15. The van der Waals surface area contributed by atoms with E-state index in [0.29, 0.717) is 18.8 Å². The molecule has 0 spiro atoms. The second-order valence-electron chi connectivity index (χ2n) is 7.51. The van der Waals surface area contributed by atoms with Crippen molar-refractivity contribution in [2.24, 2.45) is 7.05 Å². The standard InChI is InChI=1S/C19H23N3O3.C2HF3O2/c1-21-10-2-4-16(21)19(23)22-12-17(18-15(22)5-3-11-24-18)25-13-14-6-8-20-9-7-14;3-2(4,5)1(6)7/h2,4,6-10,15,17-18H,3,5,11-13H2,1H3;(H,6,7)/t15-,17+,18+;/m0./s1. The summed E-state index contributed by atoms with van der Waals surface area (Å²) in [7, 11) is 1.90. The molecule has 174 valence electrons. The Hall–Kier alpha value is -2.92. The van der Waals surface area contributed by atoms with Gasteiger partial charge >= 0.3 is 12.1 Å². The summed E-state index contributed by atoms with van der Waals surface area (Å²) in [6, 6.07) is 7.75. The molecule has 0 unspecified atom stereocenters. The second-order valence-corrected chi connectivity index (χ2v) is 7.51. The van der Waals surface area contributed by atoms with E-state index in [1.54, 1.807) is 12.4 Å². The molecule has 2 fully saturated rings. The molecule has 2 saturated heterocycles.